The van der Waals surface area contributed by atoms with Gasteiger partial charge in [0.1, 0.15) is 11.5 Å². The summed E-state index contributed by atoms with van der Waals surface area (Å²) < 4.78 is 0. The molecule has 4 rings (SSSR count). The van der Waals surface area contributed by atoms with Gasteiger partial charge in [-0.15, -0.1) is 0 Å². The van der Waals surface area contributed by atoms with Crippen LogP contribution in [0.2, 0.25) is 0 Å². The Balaban J connectivity index is 1.80. The molecular formula is C34H38O2S. The quantitative estimate of drug-likeness (QED) is 0.272. The van der Waals surface area contributed by atoms with Crippen molar-refractivity contribution in [2.24, 2.45) is 0 Å². The molecule has 0 fully saturated rings. The molecule has 4 aromatic rings. The summed E-state index contributed by atoms with van der Waals surface area (Å²) in [5, 5.41) is 22.5. The fourth-order valence-electron chi connectivity index (χ4n) is 4.63. The van der Waals surface area contributed by atoms with Gasteiger partial charge in [0.05, 0.1) is 0 Å². The second-order valence-electron chi connectivity index (χ2n) is 11.9. The van der Waals surface area contributed by atoms with E-state index in [-0.39, 0.29) is 10.8 Å². The highest BCUT2D eigenvalue weighted by molar-refractivity contribution is 7.99. The molecule has 2 nitrogen and oxygen atoms in total. The van der Waals surface area contributed by atoms with Crippen molar-refractivity contribution in [1.29, 1.82) is 0 Å². The molecule has 2 N–H and O–H groups in total. The minimum atomic E-state index is -0.188. The van der Waals surface area contributed by atoms with Crippen LogP contribution in [0.15, 0.2) is 94.7 Å². The van der Waals surface area contributed by atoms with Crippen molar-refractivity contribution in [1.82, 2.24) is 0 Å². The van der Waals surface area contributed by atoms with Gasteiger partial charge in [-0.25, -0.2) is 0 Å². The molecule has 0 heterocycles. The summed E-state index contributed by atoms with van der Waals surface area (Å²) in [6.07, 6.45) is 1.33. The van der Waals surface area contributed by atoms with Crippen LogP contribution in [-0.4, -0.2) is 10.2 Å². The van der Waals surface area contributed by atoms with Crippen molar-refractivity contribution in [2.75, 3.05) is 0 Å². The Labute approximate surface area is 226 Å². The van der Waals surface area contributed by atoms with Gasteiger partial charge in [-0.3, -0.25) is 0 Å². The maximum Gasteiger partial charge on any atom is 0.123 e. The molecule has 0 aliphatic heterocycles. The van der Waals surface area contributed by atoms with Crippen LogP contribution in [0.4, 0.5) is 0 Å². The first-order valence-electron chi connectivity index (χ1n) is 12.9. The summed E-state index contributed by atoms with van der Waals surface area (Å²) in [6.45, 7) is 12.8. The van der Waals surface area contributed by atoms with Gasteiger partial charge in [-0.2, -0.15) is 0 Å². The number of rotatable bonds is 6. The van der Waals surface area contributed by atoms with Gasteiger partial charge in [0, 0.05) is 33.8 Å². The van der Waals surface area contributed by atoms with Gasteiger partial charge >= 0.3 is 0 Å². The monoisotopic (exact) mass is 510 g/mol. The molecule has 192 valence electrons. The van der Waals surface area contributed by atoms with E-state index in [1.807, 2.05) is 36.4 Å². The van der Waals surface area contributed by atoms with E-state index in [1.165, 1.54) is 11.1 Å². The van der Waals surface area contributed by atoms with E-state index in [2.05, 4.69) is 90.1 Å². The normalized spacial score (nSPS) is 12.1. The van der Waals surface area contributed by atoms with Gasteiger partial charge in [-0.05, 0) is 57.3 Å². The molecular weight excluding hydrogens is 472 g/mol. The van der Waals surface area contributed by atoms with Crippen molar-refractivity contribution < 1.29 is 10.2 Å². The van der Waals surface area contributed by atoms with Crippen molar-refractivity contribution >= 4 is 11.8 Å². The van der Waals surface area contributed by atoms with Crippen molar-refractivity contribution in [3.63, 3.8) is 0 Å². The first kappa shape index (κ1) is 26.9. The fraction of sp³-hybridized carbons (Fsp3) is 0.294. The minimum Gasteiger partial charge on any atom is -0.507 e. The summed E-state index contributed by atoms with van der Waals surface area (Å²) in [5.41, 5.74) is 5.71. The Bertz CT molecular complexity index is 1260. The van der Waals surface area contributed by atoms with Gasteiger partial charge < -0.3 is 10.2 Å². The molecule has 4 aromatic carbocycles. The highest BCUT2D eigenvalue weighted by Gasteiger charge is 2.27. The Hall–Kier alpha value is -3.17. The topological polar surface area (TPSA) is 40.5 Å². The molecule has 0 saturated heterocycles. The summed E-state index contributed by atoms with van der Waals surface area (Å²) >= 11 is 1.69. The van der Waals surface area contributed by atoms with E-state index in [1.54, 1.807) is 11.8 Å². The standard InChI is InChI=1S/C34H38O2S/c1-33(2,3)29-21-28(22-30(32(29)36)34(4,5)6)37-27-19-25(17-23-13-9-7-10-14-23)31(35)26(20-27)18-24-15-11-8-12-16-24/h7-16,19-22,35-36H,17-18H2,1-6H3. The second kappa shape index (κ2) is 10.7. The van der Waals surface area contributed by atoms with E-state index in [0.29, 0.717) is 24.3 Å². The average Bonchev–Trinajstić information content (AvgIpc) is 2.83. The van der Waals surface area contributed by atoms with Crippen LogP contribution < -0.4 is 0 Å². The molecule has 3 heteroatoms. The fourth-order valence-corrected chi connectivity index (χ4v) is 5.66. The van der Waals surface area contributed by atoms with E-state index in [9.17, 15) is 10.2 Å². The SMILES string of the molecule is CC(C)(C)c1cc(Sc2cc(Cc3ccccc3)c(O)c(Cc3ccccc3)c2)cc(C(C)(C)C)c1O. The lowest BCUT2D eigenvalue weighted by Gasteiger charge is -2.28. The highest BCUT2D eigenvalue weighted by Crippen LogP contribution is 2.44. The smallest absolute Gasteiger partial charge is 0.123 e. The maximum atomic E-state index is 11.3. The molecule has 0 aromatic heterocycles. The van der Waals surface area contributed by atoms with E-state index in [4.69, 9.17) is 0 Å². The molecule has 0 saturated carbocycles. The Kier molecular flexibility index (Phi) is 7.75. The summed E-state index contributed by atoms with van der Waals surface area (Å²) in [5.74, 6) is 0.762. The van der Waals surface area contributed by atoms with Crippen LogP contribution in [0, 0.1) is 0 Å². The first-order chi connectivity index (χ1) is 17.4. The number of benzene rings is 4. The van der Waals surface area contributed by atoms with Crippen molar-refractivity contribution in [2.45, 2.75) is 75.0 Å². The molecule has 0 aliphatic rings. The number of hydrogen-bond acceptors (Lipinski definition) is 3. The van der Waals surface area contributed by atoms with E-state index >= 15 is 0 Å². The van der Waals surface area contributed by atoms with Crippen LogP contribution >= 0.6 is 11.8 Å². The molecule has 0 unspecified atom stereocenters. The third-order valence-corrected chi connectivity index (χ3v) is 7.59. The Morgan fingerprint density at radius 2 is 0.919 bits per heavy atom. The molecule has 0 atom stereocenters. The molecule has 0 amide bonds. The summed E-state index contributed by atoms with van der Waals surface area (Å²) in [7, 11) is 0. The molecule has 37 heavy (non-hydrogen) atoms. The third kappa shape index (κ3) is 6.59. The van der Waals surface area contributed by atoms with Crippen LogP contribution in [0.5, 0.6) is 11.5 Å². The largest absolute Gasteiger partial charge is 0.507 e. The van der Waals surface area contributed by atoms with Crippen molar-refractivity contribution in [3.8, 4) is 11.5 Å². The van der Waals surface area contributed by atoms with Gasteiger partial charge in [0.25, 0.3) is 0 Å². The van der Waals surface area contributed by atoms with Gasteiger partial charge in [0.15, 0.2) is 0 Å². The predicted octanol–water partition coefficient (Wildman–Crippen LogP) is 9.03. The lowest BCUT2D eigenvalue weighted by Crippen LogP contribution is -2.17. The average molecular weight is 511 g/mol. The van der Waals surface area contributed by atoms with Gasteiger partial charge in [-0.1, -0.05) is 114 Å². The zero-order chi connectivity index (χ0) is 26.8. The van der Waals surface area contributed by atoms with Crippen LogP contribution in [0.3, 0.4) is 0 Å². The van der Waals surface area contributed by atoms with Crippen molar-refractivity contribution in [3.05, 3.63) is 118 Å². The van der Waals surface area contributed by atoms with E-state index in [0.717, 1.165) is 32.0 Å². The number of aromatic hydroxyl groups is 2. The third-order valence-electron chi connectivity index (χ3n) is 6.65. The van der Waals surface area contributed by atoms with Crippen LogP contribution in [0.1, 0.15) is 74.9 Å². The zero-order valence-electron chi connectivity index (χ0n) is 22.8. The number of hydrogen-bond donors (Lipinski definition) is 2. The summed E-state index contributed by atoms with van der Waals surface area (Å²) in [6, 6.07) is 29.0. The first-order valence-corrected chi connectivity index (χ1v) is 13.7. The summed E-state index contributed by atoms with van der Waals surface area (Å²) in [4.78, 5) is 2.18. The number of phenolic OH excluding ortho intramolecular Hbond substituents is 2. The molecule has 0 bridgehead atoms. The lowest BCUT2D eigenvalue weighted by atomic mass is 9.79. The minimum absolute atomic E-state index is 0.188. The Morgan fingerprint density at radius 3 is 1.30 bits per heavy atom. The predicted molar refractivity (Wildman–Crippen MR) is 156 cm³/mol. The molecule has 0 spiro atoms. The molecule has 0 aliphatic carbocycles. The lowest BCUT2D eigenvalue weighted by molar-refractivity contribution is 0.422. The zero-order valence-corrected chi connectivity index (χ0v) is 23.6. The van der Waals surface area contributed by atoms with Crippen LogP contribution in [0.25, 0.3) is 0 Å². The van der Waals surface area contributed by atoms with Gasteiger partial charge in [0.2, 0.25) is 0 Å². The number of phenols is 2. The maximum absolute atomic E-state index is 11.3. The van der Waals surface area contributed by atoms with E-state index < -0.39 is 0 Å². The highest BCUT2D eigenvalue weighted by atomic mass is 32.2. The second-order valence-corrected chi connectivity index (χ2v) is 13.0. The Morgan fingerprint density at radius 1 is 0.541 bits per heavy atom. The molecule has 0 radical (unpaired) electrons. The van der Waals surface area contributed by atoms with Crippen LogP contribution in [-0.2, 0) is 23.7 Å².